The van der Waals surface area contributed by atoms with Gasteiger partial charge in [0.1, 0.15) is 5.56 Å². The molecule has 1 aliphatic rings. The number of aromatic hydroxyl groups is 1. The number of benzene rings is 1. The van der Waals surface area contributed by atoms with Crippen molar-refractivity contribution < 1.29 is 14.6 Å². The Hall–Kier alpha value is -2.68. The highest BCUT2D eigenvalue weighted by molar-refractivity contribution is 7.15. The zero-order valence-electron chi connectivity index (χ0n) is 12.9. The monoisotopic (exact) mass is 358 g/mol. The Balaban J connectivity index is 1.84. The zero-order valence-corrected chi connectivity index (χ0v) is 13.8. The van der Waals surface area contributed by atoms with Gasteiger partial charge in [-0.25, -0.2) is 4.79 Å². The number of hydrogen-bond acceptors (Lipinski definition) is 6. The van der Waals surface area contributed by atoms with E-state index in [-0.39, 0.29) is 5.56 Å². The summed E-state index contributed by atoms with van der Waals surface area (Å²) in [6.45, 7) is 0.902. The van der Waals surface area contributed by atoms with E-state index in [1.54, 1.807) is 12.1 Å². The molecule has 0 spiro atoms. The van der Waals surface area contributed by atoms with Crippen LogP contribution < -0.4 is 11.2 Å². The lowest BCUT2D eigenvalue weighted by molar-refractivity contribution is -0.127. The molecule has 8 heteroatoms. The van der Waals surface area contributed by atoms with Crippen LogP contribution in [-0.2, 0) is 15.3 Å². The minimum absolute atomic E-state index is 0.0112. The first-order chi connectivity index (χ1) is 12.1. The van der Waals surface area contributed by atoms with E-state index in [9.17, 15) is 14.7 Å². The summed E-state index contributed by atoms with van der Waals surface area (Å²) in [6.07, 6.45) is 0. The third kappa shape index (κ3) is 2.60. The topological polar surface area (TPSA) is 104 Å². The largest absolute Gasteiger partial charge is 0.494 e. The van der Waals surface area contributed by atoms with Crippen molar-refractivity contribution in [3.8, 4) is 16.3 Å². The maximum absolute atomic E-state index is 12.1. The molecule has 0 aliphatic carbocycles. The highest BCUT2D eigenvalue weighted by Gasteiger charge is 2.42. The van der Waals surface area contributed by atoms with E-state index in [2.05, 4.69) is 9.97 Å². The Kier molecular flexibility index (Phi) is 3.79. The molecule has 25 heavy (non-hydrogen) atoms. The second-order valence-corrected chi connectivity index (χ2v) is 6.56. The number of H-pyrrole nitrogens is 2. The van der Waals surface area contributed by atoms with Gasteiger partial charge in [0.2, 0.25) is 11.7 Å². The van der Waals surface area contributed by atoms with Gasteiger partial charge in [-0.15, -0.1) is 11.3 Å². The number of hydrogen-bond donors (Lipinski definition) is 3. The minimum atomic E-state index is -1.03. The molecule has 2 aromatic heterocycles. The summed E-state index contributed by atoms with van der Waals surface area (Å²) in [5.74, 6) is -1.50. The van der Waals surface area contributed by atoms with Crippen molar-refractivity contribution >= 4 is 11.3 Å². The van der Waals surface area contributed by atoms with Crippen molar-refractivity contribution in [3.63, 3.8) is 0 Å². The number of aromatic nitrogens is 2. The standard InChI is InChI=1S/C17H14N2O5S/c20-14-13(15(21)19-16(22)18-14)11-6-7-12(25-11)17(23-8-9-24-17)10-4-2-1-3-5-10/h1-7H,8-9H2,(H3,18,19,20,21,22). The maximum Gasteiger partial charge on any atom is 0.328 e. The van der Waals surface area contributed by atoms with E-state index < -0.39 is 22.9 Å². The smallest absolute Gasteiger partial charge is 0.328 e. The van der Waals surface area contributed by atoms with Gasteiger partial charge in [-0.05, 0) is 12.1 Å². The second kappa shape index (κ2) is 5.99. The van der Waals surface area contributed by atoms with E-state index in [0.29, 0.717) is 18.1 Å². The van der Waals surface area contributed by atoms with Crippen molar-refractivity contribution in [2.75, 3.05) is 13.2 Å². The summed E-state index contributed by atoms with van der Waals surface area (Å²) in [6, 6.07) is 13.0. The summed E-state index contributed by atoms with van der Waals surface area (Å²) in [4.78, 5) is 28.8. The third-order valence-electron chi connectivity index (χ3n) is 3.95. The molecule has 7 nitrogen and oxygen atoms in total. The Morgan fingerprint density at radius 1 is 1.00 bits per heavy atom. The molecule has 4 rings (SSSR count). The van der Waals surface area contributed by atoms with Gasteiger partial charge in [-0.3, -0.25) is 14.8 Å². The third-order valence-corrected chi connectivity index (χ3v) is 5.13. The lowest BCUT2D eigenvalue weighted by atomic mass is 10.0. The summed E-state index contributed by atoms with van der Waals surface area (Å²) in [5, 5.41) is 9.95. The van der Waals surface area contributed by atoms with E-state index in [1.165, 1.54) is 11.3 Å². The molecular formula is C17H14N2O5S. The second-order valence-electron chi connectivity index (χ2n) is 5.48. The van der Waals surface area contributed by atoms with Crippen LogP contribution in [0.1, 0.15) is 10.4 Å². The number of thiophene rings is 1. The lowest BCUT2D eigenvalue weighted by Crippen LogP contribution is -2.27. The summed E-state index contributed by atoms with van der Waals surface area (Å²) < 4.78 is 11.8. The fraction of sp³-hybridized carbons (Fsp3) is 0.176. The van der Waals surface area contributed by atoms with Crippen molar-refractivity contribution in [2.24, 2.45) is 0 Å². The van der Waals surface area contributed by atoms with Crippen LogP contribution in [0.3, 0.4) is 0 Å². The van der Waals surface area contributed by atoms with Gasteiger partial charge in [-0.1, -0.05) is 30.3 Å². The van der Waals surface area contributed by atoms with Gasteiger partial charge >= 0.3 is 5.69 Å². The summed E-state index contributed by atoms with van der Waals surface area (Å²) >= 11 is 1.26. The van der Waals surface area contributed by atoms with Gasteiger partial charge in [-0.2, -0.15) is 0 Å². The molecule has 0 radical (unpaired) electrons. The Bertz CT molecular complexity index is 1020. The Morgan fingerprint density at radius 3 is 2.40 bits per heavy atom. The molecule has 0 unspecified atom stereocenters. The summed E-state index contributed by atoms with van der Waals surface area (Å²) in [5.41, 5.74) is -0.555. The molecular weight excluding hydrogens is 344 g/mol. The van der Waals surface area contributed by atoms with Crippen LogP contribution in [0.4, 0.5) is 0 Å². The Labute approximate surface area is 145 Å². The van der Waals surface area contributed by atoms with Crippen molar-refractivity contribution in [1.29, 1.82) is 0 Å². The molecule has 0 saturated carbocycles. The van der Waals surface area contributed by atoms with Crippen LogP contribution in [0, 0.1) is 0 Å². The molecule has 1 aliphatic heterocycles. The van der Waals surface area contributed by atoms with Gasteiger partial charge in [0.05, 0.1) is 18.1 Å². The van der Waals surface area contributed by atoms with E-state index >= 15 is 0 Å². The fourth-order valence-corrected chi connectivity index (χ4v) is 4.04. The minimum Gasteiger partial charge on any atom is -0.494 e. The highest BCUT2D eigenvalue weighted by Crippen LogP contribution is 2.43. The molecule has 1 saturated heterocycles. The van der Waals surface area contributed by atoms with Crippen LogP contribution in [0.5, 0.6) is 5.88 Å². The van der Waals surface area contributed by atoms with Crippen molar-refractivity contribution in [2.45, 2.75) is 5.79 Å². The first-order valence-corrected chi connectivity index (χ1v) is 8.41. The van der Waals surface area contributed by atoms with Crippen LogP contribution in [0.15, 0.2) is 52.1 Å². The molecule has 0 amide bonds. The van der Waals surface area contributed by atoms with Crippen LogP contribution in [-0.4, -0.2) is 28.3 Å². The van der Waals surface area contributed by atoms with Crippen LogP contribution in [0.25, 0.3) is 10.4 Å². The summed E-state index contributed by atoms with van der Waals surface area (Å²) in [7, 11) is 0. The number of aromatic amines is 2. The van der Waals surface area contributed by atoms with E-state index in [1.807, 2.05) is 30.3 Å². The average Bonchev–Trinajstić information content (AvgIpc) is 3.25. The molecule has 1 aromatic carbocycles. The Morgan fingerprint density at radius 2 is 1.72 bits per heavy atom. The molecule has 3 heterocycles. The average molecular weight is 358 g/mol. The highest BCUT2D eigenvalue weighted by atomic mass is 32.1. The molecule has 3 aromatic rings. The normalized spacial score (nSPS) is 16.2. The molecule has 0 atom stereocenters. The van der Waals surface area contributed by atoms with Crippen LogP contribution in [0.2, 0.25) is 0 Å². The zero-order chi connectivity index (χ0) is 17.4. The predicted molar refractivity (Wildman–Crippen MR) is 91.8 cm³/mol. The lowest BCUT2D eigenvalue weighted by Gasteiger charge is -2.26. The molecule has 0 bridgehead atoms. The van der Waals surface area contributed by atoms with Gasteiger partial charge in [0.25, 0.3) is 5.56 Å². The number of ether oxygens (including phenoxy) is 2. The van der Waals surface area contributed by atoms with E-state index in [0.717, 1.165) is 10.4 Å². The molecule has 1 fully saturated rings. The van der Waals surface area contributed by atoms with Crippen molar-refractivity contribution in [1.82, 2.24) is 9.97 Å². The van der Waals surface area contributed by atoms with E-state index in [4.69, 9.17) is 9.47 Å². The van der Waals surface area contributed by atoms with Crippen LogP contribution >= 0.6 is 11.3 Å². The fourth-order valence-electron chi connectivity index (χ4n) is 2.87. The molecule has 128 valence electrons. The maximum atomic E-state index is 12.1. The first-order valence-electron chi connectivity index (χ1n) is 7.60. The molecule has 3 N–H and O–H groups in total. The van der Waals surface area contributed by atoms with Gasteiger partial charge in [0, 0.05) is 10.4 Å². The van der Waals surface area contributed by atoms with Gasteiger partial charge < -0.3 is 14.6 Å². The van der Waals surface area contributed by atoms with Crippen molar-refractivity contribution in [3.05, 3.63) is 73.7 Å². The first kappa shape index (κ1) is 15.8. The number of nitrogens with one attached hydrogen (secondary N) is 2. The van der Waals surface area contributed by atoms with Gasteiger partial charge in [0.15, 0.2) is 0 Å². The predicted octanol–water partition coefficient (Wildman–Crippen LogP) is 1.75. The quantitative estimate of drug-likeness (QED) is 0.662. The SMILES string of the molecule is O=c1[nH]c(O)c(-c2ccc(C3(c4ccccc4)OCCO3)s2)c(=O)[nH]1. The number of rotatable bonds is 3.